The van der Waals surface area contributed by atoms with Crippen LogP contribution in [0.3, 0.4) is 0 Å². The van der Waals surface area contributed by atoms with E-state index in [1.807, 2.05) is 4.68 Å². The lowest BCUT2D eigenvalue weighted by Gasteiger charge is -2.19. The van der Waals surface area contributed by atoms with Gasteiger partial charge in [-0.15, -0.1) is 11.8 Å². The summed E-state index contributed by atoms with van der Waals surface area (Å²) in [5.74, 6) is 0.432. The van der Waals surface area contributed by atoms with Gasteiger partial charge >= 0.3 is 0 Å². The zero-order valence-corrected chi connectivity index (χ0v) is 15.3. The van der Waals surface area contributed by atoms with E-state index in [1.54, 1.807) is 12.1 Å². The molecule has 0 unspecified atom stereocenters. The van der Waals surface area contributed by atoms with Crippen LogP contribution in [0.15, 0.2) is 29.1 Å². The number of aromatic amines is 1. The van der Waals surface area contributed by atoms with Crippen molar-refractivity contribution in [1.29, 1.82) is 0 Å². The highest BCUT2D eigenvalue weighted by atomic mass is 32.2. The molecular weight excluding hydrogens is 353 g/mol. The first-order valence-corrected chi connectivity index (χ1v) is 10.2. The number of thioether (sulfide) groups is 1. The van der Waals surface area contributed by atoms with Crippen molar-refractivity contribution in [2.45, 2.75) is 49.8 Å². The number of benzene rings is 1. The van der Waals surface area contributed by atoms with Gasteiger partial charge < -0.3 is 5.32 Å². The number of hydrogen-bond acceptors (Lipinski definition) is 3. The van der Waals surface area contributed by atoms with E-state index in [-0.39, 0.29) is 34.3 Å². The number of H-pyrrole nitrogens is 1. The fraction of sp³-hybridized carbons (Fsp3) is 0.474. The third-order valence-electron chi connectivity index (χ3n) is 5.23. The van der Waals surface area contributed by atoms with Gasteiger partial charge in [0, 0.05) is 0 Å². The van der Waals surface area contributed by atoms with Crippen LogP contribution in [0.2, 0.25) is 0 Å². The Morgan fingerprint density at radius 1 is 1.04 bits per heavy atom. The third-order valence-corrected chi connectivity index (χ3v) is 6.50. The monoisotopic (exact) mass is 375 g/mol. The Morgan fingerprint density at radius 3 is 2.42 bits per heavy atom. The van der Waals surface area contributed by atoms with Gasteiger partial charge in [-0.25, -0.2) is 4.39 Å². The summed E-state index contributed by atoms with van der Waals surface area (Å²) in [5, 5.41) is 5.62. The number of nitrogens with one attached hydrogen (secondary N) is 2. The van der Waals surface area contributed by atoms with E-state index < -0.39 is 0 Å². The number of hydrogen-bond donors (Lipinski definition) is 2. The minimum atomic E-state index is -0.313. The Kier molecular flexibility index (Phi) is 4.89. The van der Waals surface area contributed by atoms with Crippen molar-refractivity contribution in [3.63, 3.8) is 0 Å². The van der Waals surface area contributed by atoms with Crippen LogP contribution < -0.4 is 10.9 Å². The number of halogens is 1. The molecule has 1 aliphatic heterocycles. The van der Waals surface area contributed by atoms with Crippen molar-refractivity contribution in [3.05, 3.63) is 51.6 Å². The van der Waals surface area contributed by atoms with E-state index in [9.17, 15) is 14.0 Å². The van der Waals surface area contributed by atoms with E-state index in [0.29, 0.717) is 11.4 Å². The summed E-state index contributed by atoms with van der Waals surface area (Å²) in [5.41, 5.74) is 1.23. The molecule has 1 amide bonds. The quantitative estimate of drug-likeness (QED) is 0.780. The summed E-state index contributed by atoms with van der Waals surface area (Å²) in [7, 11) is 0. The lowest BCUT2D eigenvalue weighted by molar-refractivity contribution is -0.113. The average Bonchev–Trinajstić information content (AvgIpc) is 2.83. The van der Waals surface area contributed by atoms with Crippen molar-refractivity contribution in [2.24, 2.45) is 0 Å². The second-order valence-corrected chi connectivity index (χ2v) is 8.10. The van der Waals surface area contributed by atoms with E-state index in [1.165, 1.54) is 36.7 Å². The zero-order valence-electron chi connectivity index (χ0n) is 14.5. The van der Waals surface area contributed by atoms with Gasteiger partial charge in [-0.05, 0) is 30.5 Å². The van der Waals surface area contributed by atoms with Crippen LogP contribution in [0.1, 0.15) is 60.9 Å². The molecule has 1 aliphatic carbocycles. The van der Waals surface area contributed by atoms with Crippen molar-refractivity contribution in [1.82, 2.24) is 9.78 Å². The maximum atomic E-state index is 13.3. The number of amides is 1. The number of carbonyl (C=O) groups excluding carboxylic acids is 1. The average molecular weight is 375 g/mol. The molecule has 0 spiro atoms. The molecule has 26 heavy (non-hydrogen) atoms. The van der Waals surface area contributed by atoms with Crippen LogP contribution in [-0.4, -0.2) is 21.4 Å². The normalized spacial score (nSPS) is 21.6. The number of aromatic nitrogens is 2. The Labute approximate surface area is 155 Å². The molecule has 2 N–H and O–H groups in total. The highest BCUT2D eigenvalue weighted by Gasteiger charge is 2.32. The van der Waals surface area contributed by atoms with E-state index in [0.717, 1.165) is 31.2 Å². The van der Waals surface area contributed by atoms with Gasteiger partial charge in [0.05, 0.1) is 22.6 Å². The SMILES string of the molecule is O=C1CS[C@@H](c2ccc(F)cc2)c2c(n(C3CCCCCC3)[nH]c2=O)N1. The first kappa shape index (κ1) is 17.4. The minimum absolute atomic E-state index is 0.109. The lowest BCUT2D eigenvalue weighted by Crippen LogP contribution is -2.19. The van der Waals surface area contributed by atoms with Crippen LogP contribution in [0.5, 0.6) is 0 Å². The Balaban J connectivity index is 1.79. The summed E-state index contributed by atoms with van der Waals surface area (Å²) in [6, 6.07) is 6.37. The molecule has 0 radical (unpaired) electrons. The van der Waals surface area contributed by atoms with E-state index in [4.69, 9.17) is 0 Å². The van der Waals surface area contributed by atoms with Crippen molar-refractivity contribution >= 4 is 23.5 Å². The lowest BCUT2D eigenvalue weighted by atomic mass is 10.1. The Bertz CT molecular complexity index is 851. The largest absolute Gasteiger partial charge is 0.310 e. The number of carbonyl (C=O) groups is 1. The van der Waals surface area contributed by atoms with Crippen LogP contribution in [-0.2, 0) is 4.79 Å². The molecule has 1 saturated carbocycles. The van der Waals surface area contributed by atoms with Gasteiger partial charge in [0.2, 0.25) is 5.91 Å². The van der Waals surface area contributed by atoms with Crippen LogP contribution in [0, 0.1) is 5.82 Å². The van der Waals surface area contributed by atoms with E-state index >= 15 is 0 Å². The first-order chi connectivity index (χ1) is 12.6. The molecule has 0 saturated heterocycles. The first-order valence-electron chi connectivity index (χ1n) is 9.15. The van der Waals surface area contributed by atoms with Gasteiger partial charge in [0.25, 0.3) is 5.56 Å². The number of fused-ring (bicyclic) bond motifs is 1. The second-order valence-electron chi connectivity index (χ2n) is 7.01. The molecule has 0 bridgehead atoms. The molecule has 1 aromatic carbocycles. The molecule has 1 atom stereocenters. The van der Waals surface area contributed by atoms with Crippen molar-refractivity contribution < 1.29 is 9.18 Å². The maximum Gasteiger partial charge on any atom is 0.270 e. The standard InChI is InChI=1S/C19H22FN3O2S/c20-13-9-7-12(8-10-13)17-16-18(21-15(24)11-26-17)23(22-19(16)25)14-5-3-1-2-4-6-14/h7-10,14,17H,1-6,11H2,(H,21,24)(H,22,25)/t17-/m0/s1. The Hall–Kier alpha value is -2.02. The third kappa shape index (κ3) is 3.32. The Morgan fingerprint density at radius 2 is 1.73 bits per heavy atom. The molecule has 4 rings (SSSR count). The molecule has 2 aromatic rings. The maximum absolute atomic E-state index is 13.3. The van der Waals surface area contributed by atoms with Crippen LogP contribution in [0.4, 0.5) is 10.2 Å². The van der Waals surface area contributed by atoms with Gasteiger partial charge in [-0.1, -0.05) is 37.8 Å². The molecule has 138 valence electrons. The van der Waals surface area contributed by atoms with Gasteiger partial charge in [-0.3, -0.25) is 19.4 Å². The van der Waals surface area contributed by atoms with Crippen LogP contribution in [0.25, 0.3) is 0 Å². The zero-order chi connectivity index (χ0) is 18.1. The summed E-state index contributed by atoms with van der Waals surface area (Å²) in [4.78, 5) is 25.1. The minimum Gasteiger partial charge on any atom is -0.310 e. The molecule has 7 heteroatoms. The number of anilines is 1. The molecule has 1 fully saturated rings. The smallest absolute Gasteiger partial charge is 0.270 e. The van der Waals surface area contributed by atoms with E-state index in [2.05, 4.69) is 10.4 Å². The fourth-order valence-electron chi connectivity index (χ4n) is 3.93. The molecule has 1 aromatic heterocycles. The topological polar surface area (TPSA) is 66.9 Å². The highest BCUT2D eigenvalue weighted by Crippen LogP contribution is 2.41. The summed E-state index contributed by atoms with van der Waals surface area (Å²) >= 11 is 1.40. The van der Waals surface area contributed by atoms with Crippen molar-refractivity contribution in [2.75, 3.05) is 11.1 Å². The summed E-state index contributed by atoms with van der Waals surface area (Å²) in [6.07, 6.45) is 6.69. The molecule has 2 aliphatic rings. The predicted octanol–water partition coefficient (Wildman–Crippen LogP) is 3.99. The second kappa shape index (κ2) is 7.31. The van der Waals surface area contributed by atoms with Crippen molar-refractivity contribution in [3.8, 4) is 0 Å². The number of rotatable bonds is 2. The molecule has 2 heterocycles. The molecule has 5 nitrogen and oxygen atoms in total. The predicted molar refractivity (Wildman–Crippen MR) is 101 cm³/mol. The summed E-state index contributed by atoms with van der Waals surface area (Å²) < 4.78 is 15.2. The summed E-state index contributed by atoms with van der Waals surface area (Å²) in [6.45, 7) is 0. The van der Waals surface area contributed by atoms with Crippen LogP contribution >= 0.6 is 11.8 Å². The van der Waals surface area contributed by atoms with Gasteiger partial charge in [0.1, 0.15) is 11.6 Å². The van der Waals surface area contributed by atoms with Gasteiger partial charge in [-0.2, -0.15) is 0 Å². The van der Waals surface area contributed by atoms with Gasteiger partial charge in [0.15, 0.2) is 0 Å². The fourth-order valence-corrected chi connectivity index (χ4v) is 5.06. The molecular formula is C19H22FN3O2S. The highest BCUT2D eigenvalue weighted by molar-refractivity contribution is 8.00. The number of nitrogens with zero attached hydrogens (tertiary/aromatic N) is 1.